The fourth-order valence-corrected chi connectivity index (χ4v) is 3.66. The Morgan fingerprint density at radius 3 is 2.67 bits per heavy atom. The lowest BCUT2D eigenvalue weighted by atomic mass is 10.2. The van der Waals surface area contributed by atoms with Crippen molar-refractivity contribution in [1.29, 1.82) is 0 Å². The number of benzene rings is 2. The number of carbonyl (C=O) groups is 3. The molecule has 0 radical (unpaired) electrons. The summed E-state index contributed by atoms with van der Waals surface area (Å²) in [4.78, 5) is 36.8. The molecule has 0 fully saturated rings. The lowest BCUT2D eigenvalue weighted by Gasteiger charge is -2.23. The largest absolute Gasteiger partial charge is 0.456 e. The molecule has 2 aromatic rings. The molecule has 0 saturated heterocycles. The fraction of sp³-hybridized carbons (Fsp3) is 0.211. The first-order valence-corrected chi connectivity index (χ1v) is 9.50. The number of carbonyl (C=O) groups excluding carboxylic acids is 3. The van der Waals surface area contributed by atoms with Gasteiger partial charge in [0, 0.05) is 16.5 Å². The molecule has 1 aliphatic rings. The number of thioether (sulfide) groups is 1. The van der Waals surface area contributed by atoms with Gasteiger partial charge in [-0.3, -0.25) is 14.4 Å². The maximum Gasteiger partial charge on any atom is 0.307 e. The number of amides is 2. The molecular weight excluding hydrogens is 388 g/mol. The van der Waals surface area contributed by atoms with Crippen molar-refractivity contribution in [3.05, 3.63) is 59.1 Å². The molecule has 0 spiro atoms. The second-order valence-corrected chi connectivity index (χ2v) is 7.54. The molecule has 3 rings (SSSR count). The van der Waals surface area contributed by atoms with Crippen LogP contribution in [-0.2, 0) is 25.7 Å². The summed E-state index contributed by atoms with van der Waals surface area (Å²) in [5, 5.41) is 5.46. The third-order valence-corrected chi connectivity index (χ3v) is 5.35. The monoisotopic (exact) mass is 404 g/mol. The Labute approximate surface area is 165 Å². The van der Waals surface area contributed by atoms with E-state index in [1.165, 1.54) is 11.8 Å². The summed E-state index contributed by atoms with van der Waals surface area (Å²) in [5.74, 6) is -1.25. The predicted octanol–water partition coefficient (Wildman–Crippen LogP) is 3.00. The van der Waals surface area contributed by atoms with Crippen LogP contribution >= 0.6 is 23.4 Å². The van der Waals surface area contributed by atoms with E-state index in [1.54, 1.807) is 30.3 Å². The average molecular weight is 405 g/mol. The minimum Gasteiger partial charge on any atom is -0.456 e. The molecule has 27 heavy (non-hydrogen) atoms. The lowest BCUT2D eigenvalue weighted by molar-refractivity contribution is -0.149. The highest BCUT2D eigenvalue weighted by molar-refractivity contribution is 8.01. The lowest BCUT2D eigenvalue weighted by Crippen LogP contribution is -2.33. The van der Waals surface area contributed by atoms with Crippen molar-refractivity contribution in [2.75, 3.05) is 11.9 Å². The highest BCUT2D eigenvalue weighted by Gasteiger charge is 2.29. The molecule has 140 valence electrons. The molecule has 2 aromatic carbocycles. The van der Waals surface area contributed by atoms with Crippen molar-refractivity contribution in [2.24, 2.45) is 0 Å². The van der Waals surface area contributed by atoms with Crippen LogP contribution in [-0.4, -0.2) is 29.6 Å². The number of para-hydroxylation sites is 1. The molecule has 0 saturated carbocycles. The van der Waals surface area contributed by atoms with Crippen molar-refractivity contribution in [2.45, 2.75) is 23.1 Å². The van der Waals surface area contributed by atoms with Crippen LogP contribution in [0.4, 0.5) is 5.69 Å². The first-order valence-electron chi connectivity index (χ1n) is 8.24. The predicted molar refractivity (Wildman–Crippen MR) is 104 cm³/mol. The van der Waals surface area contributed by atoms with Crippen LogP contribution in [0.2, 0.25) is 5.02 Å². The Morgan fingerprint density at radius 2 is 1.89 bits per heavy atom. The van der Waals surface area contributed by atoms with Gasteiger partial charge in [0.15, 0.2) is 6.61 Å². The van der Waals surface area contributed by atoms with Crippen molar-refractivity contribution in [1.82, 2.24) is 5.32 Å². The van der Waals surface area contributed by atoms with Crippen LogP contribution in [0.25, 0.3) is 0 Å². The highest BCUT2D eigenvalue weighted by Crippen LogP contribution is 2.36. The first-order chi connectivity index (χ1) is 13.0. The maximum absolute atomic E-state index is 12.1. The van der Waals surface area contributed by atoms with Gasteiger partial charge in [0.2, 0.25) is 5.91 Å². The maximum atomic E-state index is 12.1. The fourth-order valence-electron chi connectivity index (χ4n) is 2.44. The summed E-state index contributed by atoms with van der Waals surface area (Å²) in [6.45, 7) is -0.0762. The van der Waals surface area contributed by atoms with Crippen LogP contribution in [0, 0.1) is 0 Å². The number of rotatable bonds is 6. The van der Waals surface area contributed by atoms with Crippen molar-refractivity contribution >= 4 is 46.8 Å². The molecule has 1 aliphatic heterocycles. The second kappa shape index (κ2) is 8.92. The van der Waals surface area contributed by atoms with Gasteiger partial charge < -0.3 is 15.4 Å². The summed E-state index contributed by atoms with van der Waals surface area (Å²) >= 11 is 7.11. The number of fused-ring (bicyclic) bond motifs is 1. The Balaban J connectivity index is 1.42. The van der Waals surface area contributed by atoms with Gasteiger partial charge in [-0.2, -0.15) is 0 Å². The van der Waals surface area contributed by atoms with E-state index in [0.717, 1.165) is 16.1 Å². The smallest absolute Gasteiger partial charge is 0.307 e. The van der Waals surface area contributed by atoms with Gasteiger partial charge in [0.05, 0.1) is 17.4 Å². The van der Waals surface area contributed by atoms with Gasteiger partial charge in [-0.25, -0.2) is 0 Å². The minimum atomic E-state index is -0.594. The standard InChI is InChI=1S/C19H17ClN2O4S/c20-13-7-5-12(6-8-13)10-21-17(23)11-26-18(24)9-16-19(25)22-14-3-1-2-4-15(14)27-16/h1-8,16H,9-11H2,(H,21,23)(H,22,25)/t16-/m1/s1. The SMILES string of the molecule is O=C(COC(=O)C[C@H]1Sc2ccccc2NC1=O)NCc1ccc(Cl)cc1. The van der Waals surface area contributed by atoms with Gasteiger partial charge in [0.25, 0.3) is 5.91 Å². The number of hydrogen-bond donors (Lipinski definition) is 2. The zero-order chi connectivity index (χ0) is 19.2. The molecule has 1 heterocycles. The van der Waals surface area contributed by atoms with E-state index in [1.807, 2.05) is 18.2 Å². The average Bonchev–Trinajstić information content (AvgIpc) is 2.66. The number of esters is 1. The van der Waals surface area contributed by atoms with Gasteiger partial charge in [-0.05, 0) is 29.8 Å². The molecule has 0 unspecified atom stereocenters. The van der Waals surface area contributed by atoms with E-state index in [2.05, 4.69) is 10.6 Å². The Kier molecular flexibility index (Phi) is 6.36. The van der Waals surface area contributed by atoms with Crippen molar-refractivity contribution < 1.29 is 19.1 Å². The summed E-state index contributed by atoms with van der Waals surface area (Å²) in [6.07, 6.45) is -0.102. The van der Waals surface area contributed by atoms with E-state index >= 15 is 0 Å². The van der Waals surface area contributed by atoms with E-state index in [0.29, 0.717) is 11.6 Å². The Hall–Kier alpha value is -2.51. The van der Waals surface area contributed by atoms with Gasteiger partial charge in [-0.15, -0.1) is 11.8 Å². The third kappa shape index (κ3) is 5.48. The Morgan fingerprint density at radius 1 is 1.15 bits per heavy atom. The molecule has 8 heteroatoms. The third-order valence-electron chi connectivity index (χ3n) is 3.83. The second-order valence-electron chi connectivity index (χ2n) is 5.86. The van der Waals surface area contributed by atoms with Gasteiger partial charge >= 0.3 is 5.97 Å². The molecule has 2 N–H and O–H groups in total. The number of nitrogens with one attached hydrogen (secondary N) is 2. The molecule has 1 atom stereocenters. The van der Waals surface area contributed by atoms with Crippen LogP contribution < -0.4 is 10.6 Å². The first kappa shape index (κ1) is 19.3. The minimum absolute atomic E-state index is 0.102. The number of halogens is 1. The van der Waals surface area contributed by atoms with Crippen LogP contribution in [0.1, 0.15) is 12.0 Å². The highest BCUT2D eigenvalue weighted by atomic mass is 35.5. The molecule has 0 aliphatic carbocycles. The van der Waals surface area contributed by atoms with Crippen molar-refractivity contribution in [3.63, 3.8) is 0 Å². The zero-order valence-electron chi connectivity index (χ0n) is 14.2. The van der Waals surface area contributed by atoms with Crippen molar-refractivity contribution in [3.8, 4) is 0 Å². The number of anilines is 1. The topological polar surface area (TPSA) is 84.5 Å². The molecule has 0 aromatic heterocycles. The number of ether oxygens (including phenoxy) is 1. The van der Waals surface area contributed by atoms with Crippen LogP contribution in [0.5, 0.6) is 0 Å². The summed E-state index contributed by atoms with van der Waals surface area (Å²) in [5.41, 5.74) is 1.62. The van der Waals surface area contributed by atoms with E-state index in [-0.39, 0.29) is 18.9 Å². The van der Waals surface area contributed by atoms with E-state index < -0.39 is 17.1 Å². The number of hydrogen-bond acceptors (Lipinski definition) is 5. The zero-order valence-corrected chi connectivity index (χ0v) is 15.8. The van der Waals surface area contributed by atoms with Gasteiger partial charge in [0.1, 0.15) is 0 Å². The molecule has 2 amide bonds. The van der Waals surface area contributed by atoms with Gasteiger partial charge in [-0.1, -0.05) is 35.9 Å². The van der Waals surface area contributed by atoms with E-state index in [4.69, 9.17) is 16.3 Å². The van der Waals surface area contributed by atoms with Crippen LogP contribution in [0.15, 0.2) is 53.4 Å². The molecule has 6 nitrogen and oxygen atoms in total. The molecular formula is C19H17ClN2O4S. The summed E-state index contributed by atoms with van der Waals surface area (Å²) < 4.78 is 4.98. The van der Waals surface area contributed by atoms with Crippen LogP contribution in [0.3, 0.4) is 0 Å². The molecule has 0 bridgehead atoms. The quantitative estimate of drug-likeness (QED) is 0.723. The Bertz CT molecular complexity index is 857. The normalized spacial score (nSPS) is 15.4. The summed E-state index contributed by atoms with van der Waals surface area (Å²) in [6, 6.07) is 14.4. The van der Waals surface area contributed by atoms with E-state index in [9.17, 15) is 14.4 Å². The summed E-state index contributed by atoms with van der Waals surface area (Å²) in [7, 11) is 0.